The molecule has 0 bridgehead atoms. The molecule has 0 atom stereocenters. The normalized spacial score (nSPS) is 20.8. The molecular weight excluding hydrogens is 508 g/mol. The molecule has 1 aliphatic carbocycles. The summed E-state index contributed by atoms with van der Waals surface area (Å²) in [7, 11) is 0. The molecule has 1 aliphatic heterocycles. The Hall–Kier alpha value is -3.27. The third kappa shape index (κ3) is 5.39. The summed E-state index contributed by atoms with van der Waals surface area (Å²) in [5.74, 6) is -4.94. The van der Waals surface area contributed by atoms with E-state index in [2.05, 4.69) is 10.6 Å². The summed E-state index contributed by atoms with van der Waals surface area (Å²) >= 11 is 6.49. The lowest BCUT2D eigenvalue weighted by Gasteiger charge is -2.37. The number of benzene rings is 1. The number of rotatable bonds is 7. The molecule has 0 saturated heterocycles. The SMILES string of the molecule is Cc1c(F)cc(NC(=O)c2c(Cl)c(C(=O)C(=O)NC3(C)CCC(CC(=O)O)CC3)n3c2CCC3)cc1F. The molecule has 2 heterocycles. The van der Waals surface area contributed by atoms with Crippen LogP contribution < -0.4 is 10.6 Å². The van der Waals surface area contributed by atoms with Crippen LogP contribution in [0.15, 0.2) is 12.1 Å². The van der Waals surface area contributed by atoms with Crippen LogP contribution in [0.25, 0.3) is 0 Å². The van der Waals surface area contributed by atoms with Gasteiger partial charge >= 0.3 is 5.97 Å². The van der Waals surface area contributed by atoms with Gasteiger partial charge in [-0.05, 0) is 70.4 Å². The highest BCUT2D eigenvalue weighted by Crippen LogP contribution is 2.36. The van der Waals surface area contributed by atoms with Crippen LogP contribution in [0.3, 0.4) is 0 Å². The second kappa shape index (κ2) is 10.2. The van der Waals surface area contributed by atoms with E-state index in [9.17, 15) is 28.0 Å². The third-order valence-electron chi connectivity index (χ3n) is 7.38. The van der Waals surface area contributed by atoms with Gasteiger partial charge in [0.05, 0.1) is 10.6 Å². The Morgan fingerprint density at radius 2 is 1.78 bits per heavy atom. The second-order valence-electron chi connectivity index (χ2n) is 10.1. The Bertz CT molecular complexity index is 1270. The number of carboxylic acid groups (broad SMARTS) is 1. The molecule has 1 fully saturated rings. The fourth-order valence-electron chi connectivity index (χ4n) is 5.24. The number of anilines is 1. The molecule has 1 aromatic heterocycles. The molecule has 11 heteroatoms. The number of nitrogens with zero attached hydrogens (tertiary/aromatic N) is 1. The average molecular weight is 536 g/mol. The summed E-state index contributed by atoms with van der Waals surface area (Å²) in [6, 6.07) is 1.98. The number of aliphatic carboxylic acids is 1. The summed E-state index contributed by atoms with van der Waals surface area (Å²) < 4.78 is 29.5. The highest BCUT2D eigenvalue weighted by molar-refractivity contribution is 6.48. The number of fused-ring (bicyclic) bond motifs is 1. The minimum Gasteiger partial charge on any atom is -0.481 e. The maximum atomic E-state index is 14.0. The zero-order valence-corrected chi connectivity index (χ0v) is 21.3. The number of carboxylic acids is 1. The standard InChI is InChI=1S/C26H28ClF2N3O5/c1-13-16(28)11-15(12-17(13)29)30-24(36)20-18-4-3-9-32(18)22(21(20)27)23(35)25(37)31-26(2)7-5-14(6-8-26)10-19(33)34/h11-12,14H,3-10H2,1-2H3,(H,30,36)(H,31,37)(H,33,34). The van der Waals surface area contributed by atoms with Gasteiger partial charge in [-0.1, -0.05) is 11.6 Å². The van der Waals surface area contributed by atoms with Gasteiger partial charge in [0.25, 0.3) is 17.6 Å². The van der Waals surface area contributed by atoms with E-state index in [0.717, 1.165) is 12.1 Å². The predicted molar refractivity (Wildman–Crippen MR) is 132 cm³/mol. The van der Waals surface area contributed by atoms with Crippen LogP contribution >= 0.6 is 11.6 Å². The van der Waals surface area contributed by atoms with Crippen molar-refractivity contribution in [3.05, 3.63) is 51.3 Å². The van der Waals surface area contributed by atoms with Crippen LogP contribution in [-0.4, -0.2) is 38.8 Å². The highest BCUT2D eigenvalue weighted by Gasteiger charge is 2.38. The molecule has 1 saturated carbocycles. The molecule has 2 aromatic rings. The molecule has 37 heavy (non-hydrogen) atoms. The van der Waals surface area contributed by atoms with Crippen LogP contribution in [-0.2, 0) is 22.6 Å². The van der Waals surface area contributed by atoms with Gasteiger partial charge in [-0.25, -0.2) is 8.78 Å². The van der Waals surface area contributed by atoms with Crippen molar-refractivity contribution in [2.75, 3.05) is 5.32 Å². The maximum absolute atomic E-state index is 14.0. The first kappa shape index (κ1) is 26.8. The molecule has 1 aromatic carbocycles. The number of carbonyl (C=O) groups is 4. The van der Waals surface area contributed by atoms with E-state index in [-0.39, 0.29) is 39.9 Å². The molecule has 3 N–H and O–H groups in total. The van der Waals surface area contributed by atoms with E-state index in [4.69, 9.17) is 16.7 Å². The molecule has 198 valence electrons. The zero-order chi connectivity index (χ0) is 27.1. The summed E-state index contributed by atoms with van der Waals surface area (Å²) in [5.41, 5.74) is -0.570. The lowest BCUT2D eigenvalue weighted by molar-refractivity contribution is -0.138. The van der Waals surface area contributed by atoms with Crippen LogP contribution in [0.5, 0.6) is 0 Å². The number of ketones is 1. The second-order valence-corrected chi connectivity index (χ2v) is 10.5. The van der Waals surface area contributed by atoms with Gasteiger partial charge in [0.1, 0.15) is 17.3 Å². The predicted octanol–water partition coefficient (Wildman–Crippen LogP) is 4.65. The Morgan fingerprint density at radius 1 is 1.16 bits per heavy atom. The lowest BCUT2D eigenvalue weighted by Crippen LogP contribution is -2.50. The van der Waals surface area contributed by atoms with Crippen molar-refractivity contribution in [1.29, 1.82) is 0 Å². The summed E-state index contributed by atoms with van der Waals surface area (Å²) in [5, 5.41) is 14.1. The van der Waals surface area contributed by atoms with Crippen molar-refractivity contribution in [2.45, 2.75) is 70.9 Å². The Balaban J connectivity index is 1.53. The number of aromatic nitrogens is 1. The summed E-state index contributed by atoms with van der Waals surface area (Å²) in [4.78, 5) is 50.3. The quantitative estimate of drug-likeness (QED) is 0.352. The largest absolute Gasteiger partial charge is 0.481 e. The van der Waals surface area contributed by atoms with Crippen LogP contribution in [0.4, 0.5) is 14.5 Å². The smallest absolute Gasteiger partial charge is 0.303 e. The number of amides is 2. The molecule has 0 unspecified atom stereocenters. The highest BCUT2D eigenvalue weighted by atomic mass is 35.5. The van der Waals surface area contributed by atoms with Gasteiger partial charge < -0.3 is 20.3 Å². The topological polar surface area (TPSA) is 118 Å². The monoisotopic (exact) mass is 535 g/mol. The minimum absolute atomic E-state index is 0.00269. The maximum Gasteiger partial charge on any atom is 0.303 e. The van der Waals surface area contributed by atoms with Crippen molar-refractivity contribution in [2.24, 2.45) is 5.92 Å². The Kier molecular flexibility index (Phi) is 7.41. The summed E-state index contributed by atoms with van der Waals surface area (Å²) in [6.45, 7) is 3.48. The van der Waals surface area contributed by atoms with E-state index in [0.29, 0.717) is 50.8 Å². The van der Waals surface area contributed by atoms with Gasteiger partial charge in [-0.3, -0.25) is 19.2 Å². The summed E-state index contributed by atoms with van der Waals surface area (Å²) in [6.07, 6.45) is 3.43. The molecular formula is C26H28ClF2N3O5. The van der Waals surface area contributed by atoms with E-state index >= 15 is 0 Å². The Labute approximate surface area is 217 Å². The fraction of sp³-hybridized carbons (Fsp3) is 0.462. The fourth-order valence-corrected chi connectivity index (χ4v) is 5.62. The molecule has 0 spiro atoms. The van der Waals surface area contributed by atoms with Gasteiger partial charge in [-0.2, -0.15) is 0 Å². The number of hydrogen-bond acceptors (Lipinski definition) is 4. The van der Waals surface area contributed by atoms with E-state index in [1.165, 1.54) is 6.92 Å². The third-order valence-corrected chi connectivity index (χ3v) is 7.75. The van der Waals surface area contributed by atoms with Crippen LogP contribution in [0.1, 0.15) is 77.6 Å². The first-order chi connectivity index (χ1) is 17.4. The van der Waals surface area contributed by atoms with Crippen LogP contribution in [0, 0.1) is 24.5 Å². The van der Waals surface area contributed by atoms with Crippen molar-refractivity contribution < 1.29 is 33.1 Å². The van der Waals surface area contributed by atoms with Gasteiger partial charge in [0.15, 0.2) is 0 Å². The number of Topliss-reactive ketones (excluding diaryl/α,β-unsaturated/α-hetero) is 1. The number of carbonyl (C=O) groups excluding carboxylic acids is 3. The van der Waals surface area contributed by atoms with E-state index in [1.807, 2.05) is 6.92 Å². The molecule has 0 radical (unpaired) electrons. The Morgan fingerprint density at radius 3 is 2.38 bits per heavy atom. The lowest BCUT2D eigenvalue weighted by atomic mass is 9.76. The number of nitrogens with one attached hydrogen (secondary N) is 2. The van der Waals surface area contributed by atoms with Gasteiger partial charge in [0, 0.05) is 35.4 Å². The molecule has 4 rings (SSSR count). The van der Waals surface area contributed by atoms with Crippen molar-refractivity contribution >= 4 is 40.9 Å². The first-order valence-corrected chi connectivity index (χ1v) is 12.5. The molecule has 2 amide bonds. The molecule has 2 aliphatic rings. The van der Waals surface area contributed by atoms with Gasteiger partial charge in [0.2, 0.25) is 0 Å². The first-order valence-electron chi connectivity index (χ1n) is 12.2. The zero-order valence-electron chi connectivity index (χ0n) is 20.6. The van der Waals surface area contributed by atoms with Crippen molar-refractivity contribution in [3.8, 4) is 0 Å². The van der Waals surface area contributed by atoms with E-state index < -0.39 is 40.7 Å². The molecule has 8 nitrogen and oxygen atoms in total. The van der Waals surface area contributed by atoms with Gasteiger partial charge in [-0.15, -0.1) is 0 Å². The van der Waals surface area contributed by atoms with E-state index in [1.54, 1.807) is 4.57 Å². The van der Waals surface area contributed by atoms with Crippen molar-refractivity contribution in [3.63, 3.8) is 0 Å². The minimum atomic E-state index is -0.881. The van der Waals surface area contributed by atoms with Crippen molar-refractivity contribution in [1.82, 2.24) is 9.88 Å². The number of halogens is 3. The average Bonchev–Trinajstić information content (AvgIpc) is 3.37. The number of hydrogen-bond donors (Lipinski definition) is 3. The van der Waals surface area contributed by atoms with Crippen LogP contribution in [0.2, 0.25) is 5.02 Å².